The van der Waals surface area contributed by atoms with Crippen molar-refractivity contribution >= 4 is 72.8 Å². The molecule has 4 aliphatic rings. The second-order valence-corrected chi connectivity index (χ2v) is 27.0. The molecule has 0 saturated heterocycles. The van der Waals surface area contributed by atoms with E-state index in [9.17, 15) is 16.8 Å². The van der Waals surface area contributed by atoms with Gasteiger partial charge < -0.3 is 4.90 Å². The third kappa shape index (κ3) is 20.8. The maximum atomic E-state index is 12.4. The molecule has 83 heavy (non-hydrogen) atoms. The lowest BCUT2D eigenvalue weighted by Crippen LogP contribution is -2.30. The molecule has 0 aromatic carbocycles. The lowest BCUT2D eigenvalue weighted by atomic mass is 10.1. The van der Waals surface area contributed by atoms with Crippen LogP contribution in [-0.2, 0) is 20.4 Å². The first-order valence-electron chi connectivity index (χ1n) is 27.7. The number of pyridine rings is 4. The molecule has 442 valence electrons. The Morgan fingerprint density at radius 1 is 0.578 bits per heavy atom. The summed E-state index contributed by atoms with van der Waals surface area (Å²) in [5, 5.41) is 8.92. The van der Waals surface area contributed by atoms with Crippen molar-refractivity contribution in [3.05, 3.63) is 173 Å². The van der Waals surface area contributed by atoms with Gasteiger partial charge in [0.1, 0.15) is 5.03 Å². The third-order valence-electron chi connectivity index (χ3n) is 12.5. The Morgan fingerprint density at radius 3 is 1.58 bits per heavy atom. The topological polar surface area (TPSA) is 202 Å². The summed E-state index contributed by atoms with van der Waals surface area (Å²) >= 11 is 5.42. The van der Waals surface area contributed by atoms with Gasteiger partial charge in [-0.3, -0.25) is 34.9 Å². The summed E-state index contributed by atoms with van der Waals surface area (Å²) in [7, 11) is 0.925. The van der Waals surface area contributed by atoms with Crippen LogP contribution in [0.5, 0.6) is 0 Å². The van der Waals surface area contributed by atoms with E-state index in [0.29, 0.717) is 16.4 Å². The molecular formula is C60H78N14O4S5. The lowest BCUT2D eigenvalue weighted by molar-refractivity contribution is 0.360. The minimum atomic E-state index is -3.63. The molecule has 10 heterocycles. The zero-order chi connectivity index (χ0) is 59.5. The van der Waals surface area contributed by atoms with Gasteiger partial charge in [0, 0.05) is 129 Å². The molecule has 0 unspecified atom stereocenters. The van der Waals surface area contributed by atoms with Gasteiger partial charge in [0.25, 0.3) is 0 Å². The SMILES string of the molecule is C1=CC(c2cccnc2)=NC1.CCCCSC1=CC(C2=CCCN(C)C2)=NC1.CCCCSC1=CC(c2cccnc2)=NC1.CCCCSc1cc(-c2cccnc2)nn1S(=O)(=O)N(C)C.CN(C)S(=O)(=O)n1ccc(-c2cccnc2)n1. The van der Waals surface area contributed by atoms with Gasteiger partial charge in [0.2, 0.25) is 0 Å². The van der Waals surface area contributed by atoms with Gasteiger partial charge in [0.15, 0.2) is 0 Å². The molecule has 18 nitrogen and oxygen atoms in total. The smallest absolute Gasteiger partial charge is 0.302 e. The standard InChI is InChI=1S/C14H20N4O2S2.C14H22N2S.C13H16N2S.C10H12N4O2S.C9H8N2/c1-4-5-9-21-14-10-13(12-7-6-8-15-11-12)16-18(14)22(19,20)17(2)3;1-3-4-8-17-13-9-14(15-10-13)12-6-5-7-16(2)11-12;1-2-3-7-16-12-8-13(15-10-12)11-5-4-6-14-9-11;1-13(2)17(15,16)14-7-5-10(12-14)9-4-3-6-11-8-9;1-3-8(7-10-5-1)9-4-2-6-11-9/h6-8,10-11H,4-5,9H2,1-3H3;6,9H,3-5,7-8,10-11H2,1-2H3;4-6,8-9H,2-3,7,10H2,1H3;3-8H,1-2H3;1-5,7H,6H2. The average Bonchev–Trinajstić information content (AvgIpc) is 4.59. The van der Waals surface area contributed by atoms with Crippen molar-refractivity contribution < 1.29 is 16.8 Å². The Bertz CT molecular complexity index is 3400. The van der Waals surface area contributed by atoms with Crippen LogP contribution in [-0.4, -0.2) is 171 Å². The number of allylic oxidation sites excluding steroid dienone is 3. The monoisotopic (exact) mass is 1220 g/mol. The first-order valence-corrected chi connectivity index (χ1v) is 33.5. The molecule has 0 saturated carbocycles. The molecule has 10 rings (SSSR count). The highest BCUT2D eigenvalue weighted by Gasteiger charge is 2.24. The van der Waals surface area contributed by atoms with Crippen LogP contribution in [0.4, 0.5) is 0 Å². The Balaban J connectivity index is 0.000000169. The van der Waals surface area contributed by atoms with Gasteiger partial charge in [-0.25, -0.2) is 0 Å². The van der Waals surface area contributed by atoms with E-state index in [1.165, 1.54) is 111 Å². The third-order valence-corrected chi connectivity index (χ3v) is 19.1. The van der Waals surface area contributed by atoms with Crippen LogP contribution in [0.3, 0.4) is 0 Å². The number of hydrogen-bond donors (Lipinski definition) is 0. The van der Waals surface area contributed by atoms with Crippen molar-refractivity contribution in [2.24, 2.45) is 15.0 Å². The fraction of sp³-hybridized carbons (Fsp3) is 0.383. The zero-order valence-electron chi connectivity index (χ0n) is 48.9. The number of nitrogens with zero attached hydrogens (tertiary/aromatic N) is 14. The van der Waals surface area contributed by atoms with E-state index >= 15 is 0 Å². The number of unbranched alkanes of at least 4 members (excludes halogenated alkanes) is 3. The zero-order valence-corrected chi connectivity index (χ0v) is 53.0. The van der Waals surface area contributed by atoms with Crippen molar-refractivity contribution in [3.63, 3.8) is 0 Å². The Labute approximate surface area is 505 Å². The average molecular weight is 1220 g/mol. The molecule has 4 aliphatic heterocycles. The normalized spacial score (nSPS) is 14.8. The summed E-state index contributed by atoms with van der Waals surface area (Å²) in [6.07, 6.45) is 34.6. The van der Waals surface area contributed by atoms with E-state index in [4.69, 9.17) is 0 Å². The van der Waals surface area contributed by atoms with E-state index in [1.807, 2.05) is 78.4 Å². The van der Waals surface area contributed by atoms with Crippen molar-refractivity contribution in [2.75, 3.05) is 85.2 Å². The maximum absolute atomic E-state index is 12.4. The molecule has 0 radical (unpaired) electrons. The van der Waals surface area contributed by atoms with Crippen LogP contribution in [0.1, 0.15) is 76.8 Å². The van der Waals surface area contributed by atoms with Gasteiger partial charge >= 0.3 is 20.4 Å². The van der Waals surface area contributed by atoms with E-state index in [1.54, 1.807) is 61.4 Å². The van der Waals surface area contributed by atoms with E-state index in [2.05, 4.69) is 102 Å². The van der Waals surface area contributed by atoms with E-state index < -0.39 is 20.4 Å². The molecule has 23 heteroatoms. The predicted octanol–water partition coefficient (Wildman–Crippen LogP) is 11.0. The molecular weight excluding hydrogens is 1140 g/mol. The molecule has 0 bridgehead atoms. The number of thioether (sulfide) groups is 3. The summed E-state index contributed by atoms with van der Waals surface area (Å²) < 4.78 is 52.7. The van der Waals surface area contributed by atoms with Crippen LogP contribution in [0.15, 0.2) is 182 Å². The van der Waals surface area contributed by atoms with Crippen molar-refractivity contribution in [3.8, 4) is 22.5 Å². The number of rotatable bonds is 21. The first kappa shape index (κ1) is 66.0. The maximum Gasteiger partial charge on any atom is 0.323 e. The van der Waals surface area contributed by atoms with Gasteiger partial charge in [-0.2, -0.15) is 39.7 Å². The van der Waals surface area contributed by atoms with E-state index in [-0.39, 0.29) is 0 Å². The first-order chi connectivity index (χ1) is 40.1. The molecule has 0 fully saturated rings. The highest BCUT2D eigenvalue weighted by Crippen LogP contribution is 2.29. The lowest BCUT2D eigenvalue weighted by Gasteiger charge is -2.22. The summed E-state index contributed by atoms with van der Waals surface area (Å²) in [5.74, 6) is 3.31. The molecule has 0 atom stereocenters. The molecule has 0 amide bonds. The fourth-order valence-corrected chi connectivity index (χ4v) is 12.8. The predicted molar refractivity (Wildman–Crippen MR) is 346 cm³/mol. The van der Waals surface area contributed by atoms with Crippen LogP contribution >= 0.6 is 35.3 Å². The van der Waals surface area contributed by atoms with Crippen molar-refractivity contribution in [1.82, 2.24) is 51.8 Å². The highest BCUT2D eigenvalue weighted by molar-refractivity contribution is 8.03. The van der Waals surface area contributed by atoms with Crippen molar-refractivity contribution in [1.29, 1.82) is 0 Å². The molecule has 0 aliphatic carbocycles. The van der Waals surface area contributed by atoms with Crippen LogP contribution in [0.2, 0.25) is 0 Å². The number of aromatic nitrogens is 8. The quantitative estimate of drug-likeness (QED) is 0.0486. The molecule has 6 aromatic heterocycles. The minimum Gasteiger partial charge on any atom is -0.302 e. The Kier molecular flexibility index (Phi) is 27.5. The number of likely N-dealkylation sites (N-methyl/N-ethyl adjacent to an activating group) is 1. The molecule has 0 N–H and O–H groups in total. The number of aliphatic imine (C=N–C) groups is 3. The summed E-state index contributed by atoms with van der Waals surface area (Å²) in [6.45, 7) is 11.4. The van der Waals surface area contributed by atoms with Gasteiger partial charge in [-0.1, -0.05) is 52.2 Å². The van der Waals surface area contributed by atoms with Crippen LogP contribution < -0.4 is 0 Å². The fourth-order valence-electron chi connectivity index (χ4n) is 7.73. The summed E-state index contributed by atoms with van der Waals surface area (Å²) in [5.41, 5.74) is 9.74. The number of hydrogen-bond acceptors (Lipinski definition) is 17. The van der Waals surface area contributed by atoms with Gasteiger partial charge in [0.05, 0.1) is 48.2 Å². The Hall–Kier alpha value is -6.18. The van der Waals surface area contributed by atoms with Crippen molar-refractivity contribution in [2.45, 2.75) is 70.7 Å². The van der Waals surface area contributed by atoms with Gasteiger partial charge in [-0.15, -0.1) is 39.4 Å². The molecule has 0 spiro atoms. The largest absolute Gasteiger partial charge is 0.323 e. The highest BCUT2D eigenvalue weighted by atomic mass is 32.2. The van der Waals surface area contributed by atoms with Crippen LogP contribution in [0, 0.1) is 0 Å². The summed E-state index contributed by atoms with van der Waals surface area (Å²) in [6, 6.07) is 18.6. The summed E-state index contributed by atoms with van der Waals surface area (Å²) in [4.78, 5) is 34.8. The van der Waals surface area contributed by atoms with Gasteiger partial charge in [-0.05, 0) is 134 Å². The molecule has 6 aromatic rings. The Morgan fingerprint density at radius 2 is 1.08 bits per heavy atom. The minimum absolute atomic E-state index is 0.573. The second kappa shape index (κ2) is 34.6. The van der Waals surface area contributed by atoms with Crippen LogP contribution in [0.25, 0.3) is 22.5 Å². The van der Waals surface area contributed by atoms with E-state index in [0.717, 1.165) is 102 Å². The second-order valence-electron chi connectivity index (χ2n) is 19.4.